The van der Waals surface area contributed by atoms with Crippen molar-refractivity contribution in [2.45, 2.75) is 44.0 Å². The molecule has 41 heavy (non-hydrogen) atoms. The second kappa shape index (κ2) is 10.6. The molecule has 0 spiro atoms. The molecule has 0 fully saturated rings. The van der Waals surface area contributed by atoms with E-state index in [2.05, 4.69) is 20.8 Å². The molecule has 0 aliphatic rings. The second-order valence-corrected chi connectivity index (χ2v) is 10.6. The Morgan fingerprint density at radius 2 is 0.902 bits per heavy atom. The first-order chi connectivity index (χ1) is 19.0. The summed E-state index contributed by atoms with van der Waals surface area (Å²) in [4.78, 5) is 12.9. The van der Waals surface area contributed by atoms with Crippen LogP contribution in [0.1, 0.15) is 53.4 Å². The third-order valence-corrected chi connectivity index (χ3v) is 6.80. The van der Waals surface area contributed by atoms with Crippen LogP contribution in [-0.2, 0) is 10.8 Å². The van der Waals surface area contributed by atoms with E-state index in [9.17, 15) is 36.2 Å². The molecule has 4 rings (SSSR count). The van der Waals surface area contributed by atoms with Crippen molar-refractivity contribution < 1.29 is 41.0 Å². The van der Waals surface area contributed by atoms with Gasteiger partial charge in [-0.15, -0.1) is 0 Å². The van der Waals surface area contributed by atoms with Crippen molar-refractivity contribution in [3.05, 3.63) is 125 Å². The summed E-state index contributed by atoms with van der Waals surface area (Å²) < 4.78 is 91.1. The van der Waals surface area contributed by atoms with Gasteiger partial charge in [-0.3, -0.25) is 4.79 Å². The highest BCUT2D eigenvalue weighted by Gasteiger charge is 2.72. The summed E-state index contributed by atoms with van der Waals surface area (Å²) in [6.07, 6.45) is -11.5. The van der Waals surface area contributed by atoms with E-state index in [0.717, 1.165) is 29.8 Å². The average molecular weight is 573 g/mol. The molecular formula is C32H26F6O3. The lowest BCUT2D eigenvalue weighted by atomic mass is 9.73. The van der Waals surface area contributed by atoms with Gasteiger partial charge in [0, 0.05) is 11.1 Å². The van der Waals surface area contributed by atoms with Gasteiger partial charge in [0.2, 0.25) is 5.41 Å². The van der Waals surface area contributed by atoms with Gasteiger partial charge in [0.15, 0.2) is 5.78 Å². The second-order valence-electron chi connectivity index (χ2n) is 10.6. The molecule has 0 unspecified atom stereocenters. The highest BCUT2D eigenvalue weighted by atomic mass is 19.4. The Balaban J connectivity index is 1.58. The first-order valence-corrected chi connectivity index (χ1v) is 12.5. The number of phenols is 1. The van der Waals surface area contributed by atoms with Crippen molar-refractivity contribution in [3.63, 3.8) is 0 Å². The molecule has 1 N–H and O–H groups in total. The zero-order valence-corrected chi connectivity index (χ0v) is 22.3. The predicted octanol–water partition coefficient (Wildman–Crippen LogP) is 9.12. The van der Waals surface area contributed by atoms with Crippen LogP contribution in [0.25, 0.3) is 0 Å². The first-order valence-electron chi connectivity index (χ1n) is 12.5. The highest BCUT2D eigenvalue weighted by molar-refractivity contribution is 6.09. The SMILES string of the molecule is CC(C)(C)c1ccc(C(=O)c2ccc(Oc3ccc(C(c4ccc(O)cc4)(C(F)(F)F)C(F)(F)F)cc3)cc2)cc1. The molecule has 0 radical (unpaired) electrons. The van der Waals surface area contributed by atoms with E-state index in [1.165, 1.54) is 24.3 Å². The number of phenolic OH excluding ortho intramolecular Hbond substituents is 1. The van der Waals surface area contributed by atoms with E-state index in [-0.39, 0.29) is 22.7 Å². The van der Waals surface area contributed by atoms with Crippen LogP contribution in [0, 0.1) is 0 Å². The number of carbonyl (C=O) groups is 1. The predicted molar refractivity (Wildman–Crippen MR) is 143 cm³/mol. The number of hydrogen-bond donors (Lipinski definition) is 1. The van der Waals surface area contributed by atoms with Gasteiger partial charge in [-0.05, 0) is 70.6 Å². The van der Waals surface area contributed by atoms with Crippen LogP contribution in [0.2, 0.25) is 0 Å². The van der Waals surface area contributed by atoms with Gasteiger partial charge in [-0.25, -0.2) is 0 Å². The summed E-state index contributed by atoms with van der Waals surface area (Å²) in [7, 11) is 0. The molecule has 0 bridgehead atoms. The van der Waals surface area contributed by atoms with E-state index >= 15 is 0 Å². The topological polar surface area (TPSA) is 46.5 Å². The first kappa shape index (κ1) is 29.7. The monoisotopic (exact) mass is 572 g/mol. The minimum Gasteiger partial charge on any atom is -0.508 e. The Bertz CT molecular complexity index is 1480. The summed E-state index contributed by atoms with van der Waals surface area (Å²) in [5.74, 6) is -0.462. The van der Waals surface area contributed by atoms with Gasteiger partial charge in [0.25, 0.3) is 0 Å². The molecule has 9 heteroatoms. The van der Waals surface area contributed by atoms with Crippen LogP contribution < -0.4 is 4.74 Å². The summed E-state index contributed by atoms with van der Waals surface area (Å²) in [5.41, 5.74) is -4.59. The minimum absolute atomic E-state index is 0.00505. The number of carbonyl (C=O) groups excluding carboxylic acids is 1. The molecule has 4 aromatic rings. The van der Waals surface area contributed by atoms with Crippen molar-refractivity contribution in [1.29, 1.82) is 0 Å². The molecule has 0 aromatic heterocycles. The summed E-state index contributed by atoms with van der Waals surface area (Å²) in [6, 6.07) is 19.5. The van der Waals surface area contributed by atoms with Crippen LogP contribution in [0.4, 0.5) is 26.3 Å². The van der Waals surface area contributed by atoms with Crippen LogP contribution in [0.5, 0.6) is 17.2 Å². The molecule has 0 heterocycles. The maximum atomic E-state index is 14.2. The van der Waals surface area contributed by atoms with Crippen LogP contribution in [0.15, 0.2) is 97.1 Å². The molecule has 3 nitrogen and oxygen atoms in total. The van der Waals surface area contributed by atoms with Gasteiger partial charge in [-0.1, -0.05) is 69.3 Å². The number of halogens is 6. The number of ketones is 1. The standard InChI is InChI=1S/C32H26F6O3/c1-29(2,3)22-8-4-20(5-9-22)28(40)21-6-16-26(17-7-21)41-27-18-12-24(13-19-27)30(31(33,34)35,32(36,37)38)23-10-14-25(39)15-11-23/h4-19,39H,1-3H3. The van der Waals surface area contributed by atoms with Crippen molar-refractivity contribution in [2.75, 3.05) is 0 Å². The Hall–Kier alpha value is -4.27. The van der Waals surface area contributed by atoms with E-state index in [1.807, 2.05) is 12.1 Å². The molecule has 0 aliphatic heterocycles. The normalized spacial score (nSPS) is 12.7. The van der Waals surface area contributed by atoms with E-state index in [1.54, 1.807) is 12.1 Å². The van der Waals surface area contributed by atoms with Crippen molar-refractivity contribution in [1.82, 2.24) is 0 Å². The maximum Gasteiger partial charge on any atom is 0.411 e. The lowest BCUT2D eigenvalue weighted by molar-refractivity contribution is -0.288. The van der Waals surface area contributed by atoms with E-state index in [4.69, 9.17) is 4.74 Å². The fraction of sp³-hybridized carbons (Fsp3) is 0.219. The maximum absolute atomic E-state index is 14.2. The molecule has 0 amide bonds. The van der Waals surface area contributed by atoms with Gasteiger partial charge < -0.3 is 9.84 Å². The number of rotatable bonds is 6. The summed E-state index contributed by atoms with van der Waals surface area (Å²) in [6.45, 7) is 6.19. The Morgan fingerprint density at radius 3 is 1.29 bits per heavy atom. The van der Waals surface area contributed by atoms with Crippen LogP contribution >= 0.6 is 0 Å². The Morgan fingerprint density at radius 1 is 0.561 bits per heavy atom. The zero-order chi connectivity index (χ0) is 30.2. The van der Waals surface area contributed by atoms with Gasteiger partial charge in [0.1, 0.15) is 17.2 Å². The van der Waals surface area contributed by atoms with E-state index in [0.29, 0.717) is 35.4 Å². The average Bonchev–Trinajstić information content (AvgIpc) is 2.89. The quantitative estimate of drug-likeness (QED) is 0.185. The fourth-order valence-electron chi connectivity index (χ4n) is 4.57. The lowest BCUT2D eigenvalue weighted by Crippen LogP contribution is -2.54. The molecule has 0 saturated heterocycles. The third-order valence-electron chi connectivity index (χ3n) is 6.80. The van der Waals surface area contributed by atoms with Crippen molar-refractivity contribution in [2.24, 2.45) is 0 Å². The fourth-order valence-corrected chi connectivity index (χ4v) is 4.57. The zero-order valence-electron chi connectivity index (χ0n) is 22.3. The smallest absolute Gasteiger partial charge is 0.411 e. The summed E-state index contributed by atoms with van der Waals surface area (Å²) in [5, 5.41) is 9.42. The van der Waals surface area contributed by atoms with Gasteiger partial charge in [0.05, 0.1) is 0 Å². The van der Waals surface area contributed by atoms with Crippen molar-refractivity contribution in [3.8, 4) is 17.2 Å². The summed E-state index contributed by atoms with van der Waals surface area (Å²) >= 11 is 0. The molecule has 0 atom stereocenters. The third kappa shape index (κ3) is 5.80. The lowest BCUT2D eigenvalue weighted by Gasteiger charge is -2.38. The molecule has 0 aliphatic carbocycles. The largest absolute Gasteiger partial charge is 0.508 e. The number of ether oxygens (including phenoxy) is 1. The molecular weight excluding hydrogens is 546 g/mol. The number of alkyl halides is 6. The van der Waals surface area contributed by atoms with Gasteiger partial charge in [-0.2, -0.15) is 26.3 Å². The number of benzene rings is 4. The van der Waals surface area contributed by atoms with Crippen LogP contribution in [-0.4, -0.2) is 23.2 Å². The molecule has 0 saturated carbocycles. The van der Waals surface area contributed by atoms with Crippen molar-refractivity contribution >= 4 is 5.78 Å². The molecule has 214 valence electrons. The van der Waals surface area contributed by atoms with Gasteiger partial charge >= 0.3 is 12.4 Å². The highest BCUT2D eigenvalue weighted by Crippen LogP contribution is 2.56. The Labute approximate surface area is 233 Å². The minimum atomic E-state index is -5.75. The number of aromatic hydroxyl groups is 1. The van der Waals surface area contributed by atoms with Crippen LogP contribution in [0.3, 0.4) is 0 Å². The van der Waals surface area contributed by atoms with E-state index < -0.39 is 34.6 Å². The number of hydrogen-bond acceptors (Lipinski definition) is 3. The Kier molecular flexibility index (Phi) is 7.69. The molecule has 4 aromatic carbocycles.